The van der Waals surface area contributed by atoms with E-state index < -0.39 is 0 Å². The molecule has 0 atom stereocenters. The van der Waals surface area contributed by atoms with Gasteiger partial charge in [0, 0.05) is 19.2 Å². The van der Waals surface area contributed by atoms with E-state index in [-0.39, 0.29) is 17.2 Å². The number of guanidine groups is 1. The van der Waals surface area contributed by atoms with E-state index in [1.54, 1.807) is 18.2 Å². The van der Waals surface area contributed by atoms with E-state index in [1.807, 2.05) is 18.7 Å². The second-order valence-corrected chi connectivity index (χ2v) is 5.69. The van der Waals surface area contributed by atoms with Crippen LogP contribution in [0, 0.1) is 10.1 Å². The van der Waals surface area contributed by atoms with E-state index in [0.717, 1.165) is 31.7 Å². The van der Waals surface area contributed by atoms with Gasteiger partial charge in [0.15, 0.2) is 5.96 Å². The molecule has 0 aliphatic heterocycles. The van der Waals surface area contributed by atoms with E-state index in [9.17, 15) is 10.1 Å². The van der Waals surface area contributed by atoms with Crippen molar-refractivity contribution in [3.8, 4) is 0 Å². The van der Waals surface area contributed by atoms with Crippen molar-refractivity contribution in [2.24, 2.45) is 4.99 Å². The highest BCUT2D eigenvalue weighted by atomic mass is 32.2. The molecule has 0 spiro atoms. The van der Waals surface area contributed by atoms with Crippen molar-refractivity contribution in [1.82, 2.24) is 10.6 Å². The lowest BCUT2D eigenvalue weighted by Gasteiger charge is -2.11. The molecule has 122 valence electrons. The van der Waals surface area contributed by atoms with Crippen LogP contribution in [0.3, 0.4) is 0 Å². The zero-order chi connectivity index (χ0) is 16.2. The Morgan fingerprint density at radius 1 is 1.32 bits per heavy atom. The Morgan fingerprint density at radius 2 is 2.09 bits per heavy atom. The number of nitro benzene ring substituents is 1. The molecular weight excluding hydrogens is 300 g/mol. The van der Waals surface area contributed by atoms with Crippen LogP contribution in [0.1, 0.15) is 25.3 Å². The van der Waals surface area contributed by atoms with Crippen molar-refractivity contribution in [2.75, 3.05) is 25.1 Å². The fraction of sp³-hybridized carbons (Fsp3) is 0.533. The van der Waals surface area contributed by atoms with Gasteiger partial charge < -0.3 is 10.6 Å². The number of para-hydroxylation sites is 1. The van der Waals surface area contributed by atoms with E-state index >= 15 is 0 Å². The van der Waals surface area contributed by atoms with Crippen LogP contribution in [0.2, 0.25) is 0 Å². The number of nitro groups is 1. The number of rotatable bonds is 9. The number of nitrogens with one attached hydrogen (secondary N) is 2. The maximum atomic E-state index is 11.0. The van der Waals surface area contributed by atoms with E-state index in [0.29, 0.717) is 11.5 Å². The Bertz CT molecular complexity index is 494. The molecule has 0 saturated heterocycles. The summed E-state index contributed by atoms with van der Waals surface area (Å²) in [5, 5.41) is 17.4. The summed E-state index contributed by atoms with van der Waals surface area (Å²) < 4.78 is 0. The molecule has 1 rings (SSSR count). The Labute approximate surface area is 135 Å². The van der Waals surface area contributed by atoms with Crippen molar-refractivity contribution >= 4 is 23.4 Å². The van der Waals surface area contributed by atoms with Crippen molar-refractivity contribution < 1.29 is 4.92 Å². The molecule has 0 bridgehead atoms. The van der Waals surface area contributed by atoms with E-state index in [2.05, 4.69) is 21.9 Å². The summed E-state index contributed by atoms with van der Waals surface area (Å²) in [6, 6.07) is 6.71. The lowest BCUT2D eigenvalue weighted by molar-refractivity contribution is -0.385. The molecular formula is C15H24N4O2S. The van der Waals surface area contributed by atoms with Gasteiger partial charge in [-0.25, -0.2) is 4.99 Å². The van der Waals surface area contributed by atoms with Gasteiger partial charge in [-0.3, -0.25) is 10.1 Å². The third kappa shape index (κ3) is 6.80. The molecule has 0 amide bonds. The van der Waals surface area contributed by atoms with Crippen molar-refractivity contribution in [1.29, 1.82) is 0 Å². The summed E-state index contributed by atoms with van der Waals surface area (Å²) in [7, 11) is 0. The molecule has 1 aromatic carbocycles. The minimum Gasteiger partial charge on any atom is -0.357 e. The van der Waals surface area contributed by atoms with Crippen LogP contribution >= 0.6 is 11.8 Å². The molecule has 0 unspecified atom stereocenters. The van der Waals surface area contributed by atoms with Gasteiger partial charge in [0.1, 0.15) is 0 Å². The molecule has 0 saturated carbocycles. The number of aliphatic imine (C=N–C) groups is 1. The molecule has 0 aliphatic rings. The molecule has 6 nitrogen and oxygen atoms in total. The minimum atomic E-state index is -0.367. The smallest absolute Gasteiger partial charge is 0.274 e. The van der Waals surface area contributed by atoms with Crippen LogP contribution < -0.4 is 10.6 Å². The molecule has 1 aromatic rings. The molecule has 0 aromatic heterocycles. The second-order valence-electron chi connectivity index (χ2n) is 4.71. The molecule has 0 fully saturated rings. The Kier molecular flexibility index (Phi) is 9.06. The summed E-state index contributed by atoms with van der Waals surface area (Å²) in [6.07, 6.45) is 4.35. The Hall–Kier alpha value is -1.76. The van der Waals surface area contributed by atoms with Gasteiger partial charge in [0.05, 0.1) is 17.0 Å². The Morgan fingerprint density at radius 3 is 2.77 bits per heavy atom. The van der Waals surface area contributed by atoms with Gasteiger partial charge in [-0.1, -0.05) is 18.2 Å². The van der Waals surface area contributed by atoms with Crippen LogP contribution in [0.5, 0.6) is 0 Å². The summed E-state index contributed by atoms with van der Waals surface area (Å²) in [6.45, 7) is 3.89. The number of thioether (sulfide) groups is 1. The number of benzene rings is 1. The first-order chi connectivity index (χ1) is 10.7. The van der Waals surface area contributed by atoms with E-state index in [4.69, 9.17) is 0 Å². The van der Waals surface area contributed by atoms with Gasteiger partial charge in [0.2, 0.25) is 0 Å². The highest BCUT2D eigenvalue weighted by Crippen LogP contribution is 2.18. The van der Waals surface area contributed by atoms with Crippen molar-refractivity contribution in [2.45, 2.75) is 26.3 Å². The number of hydrogen-bond acceptors (Lipinski definition) is 4. The molecule has 0 aliphatic carbocycles. The predicted molar refractivity (Wildman–Crippen MR) is 93.5 cm³/mol. The van der Waals surface area contributed by atoms with Gasteiger partial charge in [-0.05, 0) is 31.8 Å². The third-order valence-corrected chi connectivity index (χ3v) is 3.70. The topological polar surface area (TPSA) is 79.6 Å². The third-order valence-electron chi connectivity index (χ3n) is 3.01. The number of hydrogen-bond donors (Lipinski definition) is 2. The minimum absolute atomic E-state index is 0.113. The van der Waals surface area contributed by atoms with Crippen LogP contribution in [-0.2, 0) is 6.54 Å². The van der Waals surface area contributed by atoms with Crippen LogP contribution in [0.4, 0.5) is 5.69 Å². The van der Waals surface area contributed by atoms with Gasteiger partial charge in [0.25, 0.3) is 5.69 Å². The molecule has 7 heteroatoms. The Balaban J connectivity index is 2.60. The normalized spacial score (nSPS) is 11.3. The first-order valence-electron chi connectivity index (χ1n) is 7.42. The molecule has 22 heavy (non-hydrogen) atoms. The highest BCUT2D eigenvalue weighted by molar-refractivity contribution is 7.98. The molecule has 2 N–H and O–H groups in total. The average Bonchev–Trinajstić information content (AvgIpc) is 2.52. The summed E-state index contributed by atoms with van der Waals surface area (Å²) in [5.41, 5.74) is 0.731. The first-order valence-corrected chi connectivity index (χ1v) is 8.81. The lowest BCUT2D eigenvalue weighted by atomic mass is 10.2. The fourth-order valence-corrected chi connectivity index (χ4v) is 2.40. The van der Waals surface area contributed by atoms with Crippen LogP contribution in [0.15, 0.2) is 29.3 Å². The lowest BCUT2D eigenvalue weighted by Crippen LogP contribution is -2.37. The predicted octanol–water partition coefficient (Wildman–Crippen LogP) is 2.79. The van der Waals surface area contributed by atoms with Crippen molar-refractivity contribution in [3.05, 3.63) is 39.9 Å². The fourth-order valence-electron chi connectivity index (χ4n) is 1.91. The SMILES string of the molecule is CCNC(=NCc1ccccc1[N+](=O)[O-])NCCCCSC. The highest BCUT2D eigenvalue weighted by Gasteiger charge is 2.11. The maximum absolute atomic E-state index is 11.0. The standard InChI is InChI=1S/C15H24N4O2S/c1-3-16-15(17-10-6-7-11-22-2)18-12-13-8-4-5-9-14(13)19(20)21/h4-5,8-9H,3,6-7,10-12H2,1-2H3,(H2,16,17,18). The van der Waals surface area contributed by atoms with Gasteiger partial charge in [-0.15, -0.1) is 0 Å². The monoisotopic (exact) mass is 324 g/mol. The van der Waals surface area contributed by atoms with Crippen LogP contribution in [-0.4, -0.2) is 36.0 Å². The van der Waals surface area contributed by atoms with Crippen molar-refractivity contribution in [3.63, 3.8) is 0 Å². The zero-order valence-corrected chi connectivity index (χ0v) is 14.0. The summed E-state index contributed by atoms with van der Waals surface area (Å²) >= 11 is 1.85. The molecule has 0 heterocycles. The zero-order valence-electron chi connectivity index (χ0n) is 13.2. The van der Waals surface area contributed by atoms with Gasteiger partial charge in [-0.2, -0.15) is 11.8 Å². The largest absolute Gasteiger partial charge is 0.357 e. The molecule has 0 radical (unpaired) electrons. The van der Waals surface area contributed by atoms with E-state index in [1.165, 1.54) is 6.07 Å². The number of unbranched alkanes of at least 4 members (excludes halogenated alkanes) is 1. The average molecular weight is 324 g/mol. The summed E-state index contributed by atoms with van der Waals surface area (Å²) in [4.78, 5) is 15.1. The van der Waals surface area contributed by atoms with Crippen LogP contribution in [0.25, 0.3) is 0 Å². The quantitative estimate of drug-likeness (QED) is 0.240. The second kappa shape index (κ2) is 10.9. The maximum Gasteiger partial charge on any atom is 0.274 e. The number of nitrogens with zero attached hydrogens (tertiary/aromatic N) is 2. The van der Waals surface area contributed by atoms with Gasteiger partial charge >= 0.3 is 0 Å². The first kappa shape index (κ1) is 18.3. The summed E-state index contributed by atoms with van der Waals surface area (Å²) in [5.74, 6) is 1.86.